The van der Waals surface area contributed by atoms with Gasteiger partial charge in [0.1, 0.15) is 10.9 Å². The number of nitrogens with one attached hydrogen (secondary N) is 2. The van der Waals surface area contributed by atoms with Crippen LogP contribution in [0.15, 0.2) is 59.6 Å². The smallest absolute Gasteiger partial charge is 0.230 e. The number of aromatic amines is 1. The summed E-state index contributed by atoms with van der Waals surface area (Å²) >= 11 is 7.44. The third-order valence-electron chi connectivity index (χ3n) is 4.04. The lowest BCUT2D eigenvalue weighted by Gasteiger charge is -2.05. The average Bonchev–Trinajstić information content (AvgIpc) is 3.15. The molecule has 0 aliphatic heterocycles. The number of benzene rings is 2. The Balaban J connectivity index is 1.77. The molecule has 1 aromatic heterocycles. The van der Waals surface area contributed by atoms with Crippen molar-refractivity contribution in [3.8, 4) is 22.6 Å². The zero-order chi connectivity index (χ0) is 19.8. The van der Waals surface area contributed by atoms with Crippen LogP contribution in [-0.2, 0) is 9.53 Å². The first-order valence-electron chi connectivity index (χ1n) is 8.97. The topological polar surface area (TPSA) is 67.0 Å². The number of amides is 1. The minimum absolute atomic E-state index is 0.0209. The monoisotopic (exact) mass is 415 g/mol. The largest absolute Gasteiger partial charge is 0.385 e. The molecular weight excluding hydrogens is 394 g/mol. The predicted octanol–water partition coefficient (Wildman–Crippen LogP) is 4.64. The molecule has 2 aromatic carbocycles. The third-order valence-corrected chi connectivity index (χ3v) is 5.27. The van der Waals surface area contributed by atoms with E-state index < -0.39 is 0 Å². The molecule has 1 amide bonds. The number of ether oxygens (including phenoxy) is 1. The Kier molecular flexibility index (Phi) is 7.54. The number of hydrogen-bond acceptors (Lipinski definition) is 4. The predicted molar refractivity (Wildman–Crippen MR) is 115 cm³/mol. The maximum absolute atomic E-state index is 12.1. The van der Waals surface area contributed by atoms with Crippen molar-refractivity contribution < 1.29 is 9.53 Å². The second kappa shape index (κ2) is 10.3. The summed E-state index contributed by atoms with van der Waals surface area (Å²) in [6, 6.07) is 17.5. The minimum Gasteiger partial charge on any atom is -0.385 e. The lowest BCUT2D eigenvalue weighted by molar-refractivity contribution is -0.118. The van der Waals surface area contributed by atoms with Crippen LogP contribution >= 0.6 is 23.4 Å². The summed E-state index contributed by atoms with van der Waals surface area (Å²) in [7, 11) is 1.65. The molecule has 0 aliphatic rings. The summed E-state index contributed by atoms with van der Waals surface area (Å²) in [5.41, 5.74) is 2.85. The van der Waals surface area contributed by atoms with Crippen LogP contribution in [0.4, 0.5) is 0 Å². The van der Waals surface area contributed by atoms with Crippen molar-refractivity contribution in [3.05, 3.63) is 59.6 Å². The highest BCUT2D eigenvalue weighted by Gasteiger charge is 2.15. The van der Waals surface area contributed by atoms with Crippen molar-refractivity contribution >= 4 is 29.3 Å². The van der Waals surface area contributed by atoms with Gasteiger partial charge in [-0.1, -0.05) is 65.8 Å². The lowest BCUT2D eigenvalue weighted by atomic mass is 10.2. The fourth-order valence-corrected chi connectivity index (χ4v) is 3.60. The van der Waals surface area contributed by atoms with Crippen LogP contribution in [-0.4, -0.2) is 41.9 Å². The molecular formula is C21H22ClN3O2S. The van der Waals surface area contributed by atoms with Gasteiger partial charge in [-0.05, 0) is 18.6 Å². The fourth-order valence-electron chi connectivity index (χ4n) is 2.64. The van der Waals surface area contributed by atoms with Gasteiger partial charge in [0.05, 0.1) is 11.4 Å². The van der Waals surface area contributed by atoms with E-state index in [2.05, 4.69) is 10.3 Å². The number of hydrogen-bond donors (Lipinski definition) is 2. The first-order valence-corrected chi connectivity index (χ1v) is 10.3. The second-order valence-electron chi connectivity index (χ2n) is 6.12. The number of methoxy groups -OCH3 is 1. The van der Waals surface area contributed by atoms with Crippen LogP contribution in [0.1, 0.15) is 6.42 Å². The highest BCUT2D eigenvalue weighted by atomic mass is 35.5. The van der Waals surface area contributed by atoms with Gasteiger partial charge in [-0.25, -0.2) is 4.98 Å². The van der Waals surface area contributed by atoms with Gasteiger partial charge in [0, 0.05) is 36.4 Å². The Morgan fingerprint density at radius 2 is 1.89 bits per heavy atom. The van der Waals surface area contributed by atoms with E-state index in [-0.39, 0.29) is 5.91 Å². The van der Waals surface area contributed by atoms with Crippen molar-refractivity contribution in [1.29, 1.82) is 0 Å². The number of imidazole rings is 1. The molecule has 0 fully saturated rings. The first kappa shape index (κ1) is 20.5. The Hall–Kier alpha value is -2.28. The summed E-state index contributed by atoms with van der Waals surface area (Å²) < 4.78 is 4.99. The van der Waals surface area contributed by atoms with E-state index in [0.29, 0.717) is 23.9 Å². The van der Waals surface area contributed by atoms with Crippen LogP contribution < -0.4 is 5.32 Å². The van der Waals surface area contributed by atoms with E-state index in [4.69, 9.17) is 21.3 Å². The number of H-pyrrole nitrogens is 1. The number of rotatable bonds is 9. The van der Waals surface area contributed by atoms with Crippen LogP contribution in [0.5, 0.6) is 0 Å². The number of nitrogens with zero attached hydrogens (tertiary/aromatic N) is 1. The molecule has 0 saturated carbocycles. The standard InChI is InChI=1S/C21H22ClN3O2S/c1-27-13-5-12-23-18(26)14-28-21-19(15-8-10-17(22)11-9-15)24-20(25-21)16-6-3-2-4-7-16/h2-4,6-11H,5,12-14H2,1H3,(H,23,26)(H,24,25). The van der Waals surface area contributed by atoms with Crippen LogP contribution in [0.3, 0.4) is 0 Å². The Bertz CT molecular complexity index is 898. The molecule has 0 aliphatic carbocycles. The van der Waals surface area contributed by atoms with Crippen LogP contribution in [0, 0.1) is 0 Å². The maximum atomic E-state index is 12.1. The molecule has 3 rings (SSSR count). The SMILES string of the molecule is COCCCNC(=O)CSc1nc(-c2ccccc2)[nH]c1-c1ccc(Cl)cc1. The number of halogens is 1. The fraction of sp³-hybridized carbons (Fsp3) is 0.238. The number of carbonyl (C=O) groups is 1. The summed E-state index contributed by atoms with van der Waals surface area (Å²) in [6.45, 7) is 1.24. The number of thioether (sulfide) groups is 1. The maximum Gasteiger partial charge on any atom is 0.230 e. The molecule has 3 aromatic rings. The first-order chi connectivity index (χ1) is 13.7. The Morgan fingerprint density at radius 3 is 2.61 bits per heavy atom. The molecule has 0 radical (unpaired) electrons. The number of aromatic nitrogens is 2. The average molecular weight is 416 g/mol. The summed E-state index contributed by atoms with van der Waals surface area (Å²) in [5, 5.41) is 4.36. The van der Waals surface area contributed by atoms with E-state index in [9.17, 15) is 4.79 Å². The van der Waals surface area contributed by atoms with Crippen LogP contribution in [0.2, 0.25) is 5.02 Å². The van der Waals surface area contributed by atoms with Gasteiger partial charge in [0.25, 0.3) is 0 Å². The molecule has 5 nitrogen and oxygen atoms in total. The van der Waals surface area contributed by atoms with Crippen molar-refractivity contribution in [3.63, 3.8) is 0 Å². The highest BCUT2D eigenvalue weighted by molar-refractivity contribution is 8.00. The minimum atomic E-state index is -0.0209. The van der Waals surface area contributed by atoms with Gasteiger partial charge in [0.15, 0.2) is 0 Å². The third kappa shape index (κ3) is 5.61. The Morgan fingerprint density at radius 1 is 1.14 bits per heavy atom. The van der Waals surface area contributed by atoms with Gasteiger partial charge in [-0.15, -0.1) is 0 Å². The zero-order valence-corrected chi connectivity index (χ0v) is 17.1. The van der Waals surface area contributed by atoms with Gasteiger partial charge in [-0.3, -0.25) is 4.79 Å². The van der Waals surface area contributed by atoms with Crippen molar-refractivity contribution in [2.45, 2.75) is 11.4 Å². The molecule has 2 N–H and O–H groups in total. The quantitative estimate of drug-likeness (QED) is 0.394. The van der Waals surface area contributed by atoms with Gasteiger partial charge in [0.2, 0.25) is 5.91 Å². The molecule has 0 spiro atoms. The summed E-state index contributed by atoms with van der Waals surface area (Å²) in [6.07, 6.45) is 0.795. The molecule has 7 heteroatoms. The van der Waals surface area contributed by atoms with E-state index in [1.54, 1.807) is 7.11 Å². The molecule has 28 heavy (non-hydrogen) atoms. The van der Waals surface area contributed by atoms with E-state index >= 15 is 0 Å². The van der Waals surface area contributed by atoms with Gasteiger partial charge in [-0.2, -0.15) is 0 Å². The molecule has 0 saturated heterocycles. The zero-order valence-electron chi connectivity index (χ0n) is 15.6. The normalized spacial score (nSPS) is 10.8. The molecule has 0 unspecified atom stereocenters. The van der Waals surface area contributed by atoms with E-state index in [1.165, 1.54) is 11.8 Å². The van der Waals surface area contributed by atoms with Gasteiger partial charge >= 0.3 is 0 Å². The molecule has 146 valence electrons. The highest BCUT2D eigenvalue weighted by Crippen LogP contribution is 2.32. The van der Waals surface area contributed by atoms with E-state index in [0.717, 1.165) is 34.1 Å². The molecule has 0 atom stereocenters. The summed E-state index contributed by atoms with van der Waals surface area (Å²) in [5.74, 6) is 1.05. The Labute approximate surface area is 173 Å². The van der Waals surface area contributed by atoms with E-state index in [1.807, 2.05) is 54.6 Å². The van der Waals surface area contributed by atoms with Crippen molar-refractivity contribution in [2.75, 3.05) is 26.0 Å². The lowest BCUT2D eigenvalue weighted by Crippen LogP contribution is -2.26. The number of carbonyl (C=O) groups excluding carboxylic acids is 1. The summed E-state index contributed by atoms with van der Waals surface area (Å²) in [4.78, 5) is 20.3. The van der Waals surface area contributed by atoms with Crippen molar-refractivity contribution in [1.82, 2.24) is 15.3 Å². The van der Waals surface area contributed by atoms with Crippen molar-refractivity contribution in [2.24, 2.45) is 0 Å². The second-order valence-corrected chi connectivity index (χ2v) is 7.52. The van der Waals surface area contributed by atoms with Gasteiger partial charge < -0.3 is 15.0 Å². The molecule has 1 heterocycles. The van der Waals surface area contributed by atoms with Crippen LogP contribution in [0.25, 0.3) is 22.6 Å². The molecule has 0 bridgehead atoms.